The molecule has 1 atom stereocenters. The highest BCUT2D eigenvalue weighted by Crippen LogP contribution is 2.41. The molecule has 1 aliphatic rings. The van der Waals surface area contributed by atoms with Crippen molar-refractivity contribution in [3.63, 3.8) is 0 Å². The summed E-state index contributed by atoms with van der Waals surface area (Å²) in [5.74, 6) is 1.16. The standard InChI is InChI=1S/C25H30ClN3O3/c1-15-14-21(32-3)18(25(31)28-15)11-12-20(30)22-19-10-7-13-27-29(19)24(23(22)26)16(2)17-8-5-4-6-9-17/h7,10,13-14,16-17H,4-6,8-9,11-12H2,1-3H3,(H,28,31). The van der Waals surface area contributed by atoms with Crippen LogP contribution in [0.25, 0.3) is 5.52 Å². The molecule has 1 fully saturated rings. The van der Waals surface area contributed by atoms with Gasteiger partial charge in [0.05, 0.1) is 34.5 Å². The van der Waals surface area contributed by atoms with E-state index in [0.717, 1.165) is 16.9 Å². The second-order valence-electron chi connectivity index (χ2n) is 8.83. The highest BCUT2D eigenvalue weighted by molar-refractivity contribution is 6.36. The Morgan fingerprint density at radius 3 is 2.81 bits per heavy atom. The molecule has 4 rings (SSSR count). The minimum absolute atomic E-state index is 0.0929. The van der Waals surface area contributed by atoms with Gasteiger partial charge in [-0.25, -0.2) is 4.52 Å². The maximum absolute atomic E-state index is 13.4. The number of nitrogens with one attached hydrogen (secondary N) is 1. The van der Waals surface area contributed by atoms with E-state index in [0.29, 0.717) is 27.8 Å². The zero-order valence-electron chi connectivity index (χ0n) is 18.9. The number of H-pyrrole nitrogens is 1. The van der Waals surface area contributed by atoms with E-state index in [-0.39, 0.29) is 30.1 Å². The number of rotatable bonds is 7. The van der Waals surface area contributed by atoms with Crippen LogP contribution < -0.4 is 10.3 Å². The van der Waals surface area contributed by atoms with E-state index in [4.69, 9.17) is 16.3 Å². The summed E-state index contributed by atoms with van der Waals surface area (Å²) in [5.41, 5.74) is 3.11. The molecule has 1 unspecified atom stereocenters. The van der Waals surface area contributed by atoms with Crippen molar-refractivity contribution in [3.05, 3.63) is 62.3 Å². The van der Waals surface area contributed by atoms with E-state index < -0.39 is 0 Å². The molecule has 6 nitrogen and oxygen atoms in total. The Bertz CT molecular complexity index is 1190. The van der Waals surface area contributed by atoms with Crippen LogP contribution in [0.1, 0.15) is 78.7 Å². The van der Waals surface area contributed by atoms with Crippen LogP contribution >= 0.6 is 11.6 Å². The summed E-state index contributed by atoms with van der Waals surface area (Å²) in [5, 5.41) is 5.03. The lowest BCUT2D eigenvalue weighted by Gasteiger charge is -2.27. The predicted octanol–water partition coefficient (Wildman–Crippen LogP) is 5.49. The summed E-state index contributed by atoms with van der Waals surface area (Å²) >= 11 is 6.88. The zero-order chi connectivity index (χ0) is 22.8. The monoisotopic (exact) mass is 455 g/mol. The number of fused-ring (bicyclic) bond motifs is 1. The van der Waals surface area contributed by atoms with Gasteiger partial charge < -0.3 is 9.72 Å². The number of aromatic nitrogens is 3. The molecule has 170 valence electrons. The maximum Gasteiger partial charge on any atom is 0.255 e. The molecule has 0 aliphatic heterocycles. The van der Waals surface area contributed by atoms with Crippen LogP contribution in [0.2, 0.25) is 5.02 Å². The van der Waals surface area contributed by atoms with E-state index in [1.807, 2.05) is 16.6 Å². The molecule has 0 spiro atoms. The van der Waals surface area contributed by atoms with Gasteiger partial charge in [0, 0.05) is 24.2 Å². The van der Waals surface area contributed by atoms with Crippen LogP contribution in [-0.2, 0) is 6.42 Å². The first-order valence-electron chi connectivity index (χ1n) is 11.4. The summed E-state index contributed by atoms with van der Waals surface area (Å²) in [7, 11) is 1.53. The number of pyridine rings is 1. The third-order valence-corrected chi connectivity index (χ3v) is 7.18. The largest absolute Gasteiger partial charge is 0.496 e. The predicted molar refractivity (Wildman–Crippen MR) is 126 cm³/mol. The Labute approximate surface area is 192 Å². The summed E-state index contributed by atoms with van der Waals surface area (Å²) in [4.78, 5) is 28.6. The summed E-state index contributed by atoms with van der Waals surface area (Å²) in [6, 6.07) is 5.49. The number of methoxy groups -OCH3 is 1. The first-order chi connectivity index (χ1) is 15.4. The molecule has 3 heterocycles. The molecule has 1 N–H and O–H groups in total. The minimum Gasteiger partial charge on any atom is -0.496 e. The molecule has 0 aromatic carbocycles. The van der Waals surface area contributed by atoms with Crippen LogP contribution in [0, 0.1) is 12.8 Å². The Balaban J connectivity index is 1.67. The van der Waals surface area contributed by atoms with Crippen LogP contribution in [0.3, 0.4) is 0 Å². The van der Waals surface area contributed by atoms with E-state index in [1.54, 1.807) is 19.2 Å². The fraction of sp³-hybridized carbons (Fsp3) is 0.480. The Morgan fingerprint density at radius 2 is 2.09 bits per heavy atom. The number of halogens is 1. The molecule has 3 aromatic rings. The second kappa shape index (κ2) is 9.49. The van der Waals surface area contributed by atoms with Gasteiger partial charge in [0.2, 0.25) is 0 Å². The van der Waals surface area contributed by atoms with Crippen LogP contribution in [0.5, 0.6) is 5.75 Å². The molecule has 0 bridgehead atoms. The van der Waals surface area contributed by atoms with Crippen LogP contribution in [-0.4, -0.2) is 27.5 Å². The smallest absolute Gasteiger partial charge is 0.255 e. The van der Waals surface area contributed by atoms with Crippen LogP contribution in [0.15, 0.2) is 29.2 Å². The third-order valence-electron chi connectivity index (χ3n) is 6.80. The van der Waals surface area contributed by atoms with Gasteiger partial charge in [0.1, 0.15) is 5.75 Å². The third kappa shape index (κ3) is 4.20. The molecule has 7 heteroatoms. The topological polar surface area (TPSA) is 76.5 Å². The number of Topliss-reactive ketones (excluding diaryl/α,β-unsaturated/α-hetero) is 1. The maximum atomic E-state index is 13.4. The zero-order valence-corrected chi connectivity index (χ0v) is 19.7. The first kappa shape index (κ1) is 22.6. The number of aromatic amines is 1. The number of nitrogens with zero attached hydrogens (tertiary/aromatic N) is 2. The molecular weight excluding hydrogens is 426 g/mol. The summed E-state index contributed by atoms with van der Waals surface area (Å²) < 4.78 is 7.21. The van der Waals surface area contributed by atoms with Gasteiger partial charge in [-0.1, -0.05) is 37.8 Å². The SMILES string of the molecule is COc1cc(C)[nH]c(=O)c1CCC(=O)c1c(Cl)c(C(C)C2CCCCC2)n2ncccc12. The lowest BCUT2D eigenvalue weighted by Crippen LogP contribution is -2.16. The molecule has 3 aromatic heterocycles. The number of carbonyl (C=O) groups is 1. The normalized spacial score (nSPS) is 15.8. The molecular formula is C25H30ClN3O3. The quantitative estimate of drug-likeness (QED) is 0.478. The van der Waals surface area contributed by atoms with Gasteiger partial charge >= 0.3 is 0 Å². The van der Waals surface area contributed by atoms with Gasteiger partial charge in [-0.2, -0.15) is 5.10 Å². The van der Waals surface area contributed by atoms with Crippen LogP contribution in [0.4, 0.5) is 0 Å². The number of carbonyl (C=O) groups excluding carboxylic acids is 1. The Kier molecular flexibility index (Phi) is 6.70. The average Bonchev–Trinajstić information content (AvgIpc) is 3.09. The van der Waals surface area contributed by atoms with Crippen molar-refractivity contribution in [2.24, 2.45) is 5.92 Å². The first-order valence-corrected chi connectivity index (χ1v) is 11.7. The highest BCUT2D eigenvalue weighted by Gasteiger charge is 2.30. The van der Waals surface area contributed by atoms with E-state index in [2.05, 4.69) is 17.0 Å². The molecule has 0 saturated heterocycles. The fourth-order valence-electron chi connectivity index (χ4n) is 5.07. The van der Waals surface area contributed by atoms with Gasteiger partial charge in [-0.3, -0.25) is 9.59 Å². The van der Waals surface area contributed by atoms with Crippen molar-refractivity contribution in [2.75, 3.05) is 7.11 Å². The van der Waals surface area contributed by atoms with Crippen molar-refractivity contribution in [1.29, 1.82) is 0 Å². The van der Waals surface area contributed by atoms with E-state index in [9.17, 15) is 9.59 Å². The van der Waals surface area contributed by atoms with Crippen molar-refractivity contribution in [1.82, 2.24) is 14.6 Å². The number of hydrogen-bond acceptors (Lipinski definition) is 4. The molecule has 1 saturated carbocycles. The second-order valence-corrected chi connectivity index (χ2v) is 9.21. The summed E-state index contributed by atoms with van der Waals surface area (Å²) in [6.45, 7) is 4.00. The Hall–Kier alpha value is -2.60. The van der Waals surface area contributed by atoms with Gasteiger partial charge in [0.25, 0.3) is 5.56 Å². The minimum atomic E-state index is -0.226. The van der Waals surface area contributed by atoms with Gasteiger partial charge in [-0.05, 0) is 50.3 Å². The molecule has 0 amide bonds. The van der Waals surface area contributed by atoms with E-state index >= 15 is 0 Å². The van der Waals surface area contributed by atoms with Gasteiger partial charge in [-0.15, -0.1) is 0 Å². The highest BCUT2D eigenvalue weighted by atomic mass is 35.5. The lowest BCUT2D eigenvalue weighted by molar-refractivity contribution is 0.0984. The Morgan fingerprint density at radius 1 is 1.34 bits per heavy atom. The van der Waals surface area contributed by atoms with Crippen molar-refractivity contribution in [3.8, 4) is 5.75 Å². The average molecular weight is 456 g/mol. The molecule has 1 aliphatic carbocycles. The van der Waals surface area contributed by atoms with E-state index in [1.165, 1.54) is 39.2 Å². The number of ether oxygens (including phenoxy) is 1. The fourth-order valence-corrected chi connectivity index (χ4v) is 5.53. The van der Waals surface area contributed by atoms with Crippen molar-refractivity contribution >= 4 is 22.9 Å². The number of ketones is 1. The van der Waals surface area contributed by atoms with Gasteiger partial charge in [0.15, 0.2) is 5.78 Å². The van der Waals surface area contributed by atoms with Crippen molar-refractivity contribution in [2.45, 2.75) is 64.7 Å². The van der Waals surface area contributed by atoms with Crippen molar-refractivity contribution < 1.29 is 9.53 Å². The molecule has 32 heavy (non-hydrogen) atoms. The number of hydrogen-bond donors (Lipinski definition) is 1. The lowest BCUT2D eigenvalue weighted by atomic mass is 9.79. The molecule has 0 radical (unpaired) electrons. The number of aryl methyl sites for hydroxylation is 1. The summed E-state index contributed by atoms with van der Waals surface area (Å²) in [6.07, 6.45) is 8.28.